The van der Waals surface area contributed by atoms with Crippen molar-refractivity contribution in [3.8, 4) is 11.1 Å². The molecule has 200 valence electrons. The highest BCUT2D eigenvalue weighted by molar-refractivity contribution is 5.68. The number of halogens is 3. The van der Waals surface area contributed by atoms with E-state index in [1.807, 2.05) is 18.3 Å². The van der Waals surface area contributed by atoms with Gasteiger partial charge in [0.05, 0.1) is 5.56 Å². The SMILES string of the molecule is NCc1cccc(-c2ccnc(N3C4CCN(c5ccc(C(F)(F)F)cc5)C[C@H]4N[C@@H]4CCCC[C@H]43)c2)c1. The van der Waals surface area contributed by atoms with E-state index in [2.05, 4.69) is 39.4 Å². The Kier molecular flexibility index (Phi) is 6.78. The second-order valence-corrected chi connectivity index (χ2v) is 10.8. The molecule has 8 heteroatoms. The molecule has 1 unspecified atom stereocenters. The van der Waals surface area contributed by atoms with Gasteiger partial charge in [0.2, 0.25) is 0 Å². The largest absolute Gasteiger partial charge is 0.416 e. The minimum atomic E-state index is -4.32. The number of benzene rings is 2. The number of rotatable bonds is 4. The average molecular weight is 522 g/mol. The molecule has 3 N–H and O–H groups in total. The second-order valence-electron chi connectivity index (χ2n) is 10.8. The van der Waals surface area contributed by atoms with E-state index >= 15 is 0 Å². The summed E-state index contributed by atoms with van der Waals surface area (Å²) in [5.41, 5.74) is 9.50. The Bertz CT molecular complexity index is 1260. The summed E-state index contributed by atoms with van der Waals surface area (Å²) in [6, 6.07) is 19.5. The van der Waals surface area contributed by atoms with Gasteiger partial charge in [-0.05, 0) is 78.4 Å². The van der Waals surface area contributed by atoms with Gasteiger partial charge < -0.3 is 20.9 Å². The van der Waals surface area contributed by atoms with E-state index in [9.17, 15) is 13.2 Å². The molecule has 0 radical (unpaired) electrons. The van der Waals surface area contributed by atoms with Crippen molar-refractivity contribution in [3.05, 3.63) is 78.0 Å². The lowest BCUT2D eigenvalue weighted by Gasteiger charge is -2.56. The minimum absolute atomic E-state index is 0.205. The van der Waals surface area contributed by atoms with Crippen LogP contribution in [0.3, 0.4) is 0 Å². The van der Waals surface area contributed by atoms with Crippen molar-refractivity contribution >= 4 is 11.5 Å². The Balaban J connectivity index is 1.28. The first-order chi connectivity index (χ1) is 18.4. The molecule has 2 aromatic carbocycles. The first-order valence-corrected chi connectivity index (χ1v) is 13.6. The first-order valence-electron chi connectivity index (χ1n) is 13.6. The van der Waals surface area contributed by atoms with E-state index < -0.39 is 11.7 Å². The summed E-state index contributed by atoms with van der Waals surface area (Å²) in [5.74, 6) is 1.01. The lowest BCUT2D eigenvalue weighted by atomic mass is 9.81. The summed E-state index contributed by atoms with van der Waals surface area (Å²) in [6.45, 7) is 2.06. The lowest BCUT2D eigenvalue weighted by Crippen LogP contribution is -2.72. The molecular formula is C30H34F3N5. The fourth-order valence-corrected chi connectivity index (χ4v) is 6.65. The first kappa shape index (κ1) is 25.2. The van der Waals surface area contributed by atoms with Gasteiger partial charge in [-0.3, -0.25) is 0 Å². The highest BCUT2D eigenvalue weighted by Gasteiger charge is 2.46. The molecule has 2 saturated heterocycles. The Hall–Kier alpha value is -3.10. The Morgan fingerprint density at radius 3 is 2.45 bits per heavy atom. The van der Waals surface area contributed by atoms with Crippen LogP contribution in [0.2, 0.25) is 0 Å². The fourth-order valence-electron chi connectivity index (χ4n) is 6.65. The number of nitrogens with one attached hydrogen (secondary N) is 1. The highest BCUT2D eigenvalue weighted by atomic mass is 19.4. The Morgan fingerprint density at radius 1 is 0.895 bits per heavy atom. The predicted molar refractivity (Wildman–Crippen MR) is 145 cm³/mol. The number of piperidine rings is 1. The standard InChI is InChI=1S/C30H34F3N5/c31-30(32,33)23-8-10-24(11-9-23)37-15-13-28-26(19-37)36-25-6-1-2-7-27(25)38(28)29-17-22(12-14-35-29)21-5-3-4-20(16-21)18-34/h3-5,8-12,14,16-17,25-28,36H,1-2,6-7,13,15,18-19,34H2/t25-,26-,27-,28?/m1/s1. The molecule has 4 atom stereocenters. The summed E-state index contributed by atoms with van der Waals surface area (Å²) >= 11 is 0. The van der Waals surface area contributed by atoms with Crippen LogP contribution in [0.4, 0.5) is 24.7 Å². The number of fused-ring (bicyclic) bond motifs is 2. The van der Waals surface area contributed by atoms with Crippen molar-refractivity contribution in [1.29, 1.82) is 0 Å². The Labute approximate surface area is 221 Å². The lowest BCUT2D eigenvalue weighted by molar-refractivity contribution is -0.137. The number of hydrogen-bond acceptors (Lipinski definition) is 5. The molecule has 3 aliphatic rings. The topological polar surface area (TPSA) is 57.4 Å². The Morgan fingerprint density at radius 2 is 1.66 bits per heavy atom. The molecule has 1 aromatic heterocycles. The molecular weight excluding hydrogens is 487 g/mol. The zero-order chi connectivity index (χ0) is 26.3. The van der Waals surface area contributed by atoms with Gasteiger partial charge in [-0.25, -0.2) is 4.98 Å². The summed E-state index contributed by atoms with van der Waals surface area (Å²) in [4.78, 5) is 9.67. The van der Waals surface area contributed by atoms with Crippen LogP contribution < -0.4 is 20.9 Å². The fraction of sp³-hybridized carbons (Fsp3) is 0.433. The third-order valence-electron chi connectivity index (χ3n) is 8.51. The highest BCUT2D eigenvalue weighted by Crippen LogP contribution is 2.38. The van der Waals surface area contributed by atoms with Gasteiger partial charge in [0.15, 0.2) is 0 Å². The molecule has 1 aliphatic carbocycles. The summed E-state index contributed by atoms with van der Waals surface area (Å²) in [6.07, 6.45) is 3.19. The van der Waals surface area contributed by atoms with Crippen molar-refractivity contribution in [2.45, 2.75) is 69.0 Å². The maximum Gasteiger partial charge on any atom is 0.416 e. The number of pyridine rings is 1. The average Bonchev–Trinajstić information content (AvgIpc) is 2.95. The van der Waals surface area contributed by atoms with Gasteiger partial charge >= 0.3 is 6.18 Å². The molecule has 1 saturated carbocycles. The van der Waals surface area contributed by atoms with Crippen molar-refractivity contribution in [2.24, 2.45) is 5.73 Å². The normalized spacial score (nSPS) is 25.6. The molecule has 3 fully saturated rings. The van der Waals surface area contributed by atoms with Crippen molar-refractivity contribution in [2.75, 3.05) is 22.9 Å². The number of hydrogen-bond donors (Lipinski definition) is 2. The number of aromatic nitrogens is 1. The van der Waals surface area contributed by atoms with Gasteiger partial charge in [-0.2, -0.15) is 13.2 Å². The summed E-state index contributed by atoms with van der Waals surface area (Å²) in [7, 11) is 0. The molecule has 0 amide bonds. The van der Waals surface area contributed by atoms with E-state index in [0.29, 0.717) is 18.6 Å². The molecule has 6 rings (SSSR count). The van der Waals surface area contributed by atoms with Crippen molar-refractivity contribution in [3.63, 3.8) is 0 Å². The van der Waals surface area contributed by atoms with Crippen LogP contribution in [0.25, 0.3) is 11.1 Å². The molecule has 3 heterocycles. The monoisotopic (exact) mass is 521 g/mol. The van der Waals surface area contributed by atoms with Crippen LogP contribution in [0.1, 0.15) is 43.2 Å². The van der Waals surface area contributed by atoms with Gasteiger partial charge in [0.25, 0.3) is 0 Å². The van der Waals surface area contributed by atoms with Crippen LogP contribution in [0.15, 0.2) is 66.9 Å². The van der Waals surface area contributed by atoms with E-state index in [4.69, 9.17) is 10.7 Å². The smallest absolute Gasteiger partial charge is 0.370 e. The number of piperazine rings is 1. The number of anilines is 2. The summed E-state index contributed by atoms with van der Waals surface area (Å²) < 4.78 is 39.2. The molecule has 2 aliphatic heterocycles. The van der Waals surface area contributed by atoms with Gasteiger partial charge in [0, 0.05) is 55.7 Å². The van der Waals surface area contributed by atoms with Gasteiger partial charge in [0.1, 0.15) is 5.82 Å². The molecule has 38 heavy (non-hydrogen) atoms. The molecule has 0 bridgehead atoms. The summed E-state index contributed by atoms with van der Waals surface area (Å²) in [5, 5.41) is 3.95. The maximum absolute atomic E-state index is 13.1. The van der Waals surface area contributed by atoms with Gasteiger partial charge in [-0.15, -0.1) is 0 Å². The van der Waals surface area contributed by atoms with Crippen LogP contribution in [-0.2, 0) is 12.7 Å². The molecule has 0 spiro atoms. The number of nitrogens with zero attached hydrogens (tertiary/aromatic N) is 3. The minimum Gasteiger partial charge on any atom is -0.370 e. The van der Waals surface area contributed by atoms with E-state index in [1.54, 1.807) is 12.1 Å². The second kappa shape index (κ2) is 10.2. The van der Waals surface area contributed by atoms with E-state index in [-0.39, 0.29) is 12.1 Å². The van der Waals surface area contributed by atoms with Crippen molar-refractivity contribution in [1.82, 2.24) is 10.3 Å². The number of nitrogens with two attached hydrogens (primary N) is 1. The van der Waals surface area contributed by atoms with Crippen LogP contribution in [0.5, 0.6) is 0 Å². The quantitative estimate of drug-likeness (QED) is 0.469. The van der Waals surface area contributed by atoms with Crippen LogP contribution in [0, 0.1) is 0 Å². The zero-order valence-electron chi connectivity index (χ0n) is 21.4. The molecule has 3 aromatic rings. The van der Waals surface area contributed by atoms with E-state index in [0.717, 1.165) is 60.5 Å². The third-order valence-corrected chi connectivity index (χ3v) is 8.51. The van der Waals surface area contributed by atoms with Crippen molar-refractivity contribution < 1.29 is 13.2 Å². The maximum atomic E-state index is 13.1. The number of alkyl halides is 3. The van der Waals surface area contributed by atoms with E-state index in [1.165, 1.54) is 25.0 Å². The third kappa shape index (κ3) is 4.87. The van der Waals surface area contributed by atoms with Gasteiger partial charge in [-0.1, -0.05) is 31.0 Å². The van der Waals surface area contributed by atoms with Crippen LogP contribution in [-0.4, -0.2) is 42.2 Å². The van der Waals surface area contributed by atoms with Crippen LogP contribution >= 0.6 is 0 Å². The zero-order valence-corrected chi connectivity index (χ0v) is 21.4. The predicted octanol–water partition coefficient (Wildman–Crippen LogP) is 5.59. The molecule has 5 nitrogen and oxygen atoms in total.